The summed E-state index contributed by atoms with van der Waals surface area (Å²) in [6, 6.07) is 4.20. The Bertz CT molecular complexity index is 429. The zero-order valence-electron chi connectivity index (χ0n) is 14.5. The second kappa shape index (κ2) is 6.80. The first-order chi connectivity index (χ1) is 9.57. The molecule has 0 atom stereocenters. The Morgan fingerprint density at radius 2 is 1.43 bits per heavy atom. The highest BCUT2D eigenvalue weighted by Gasteiger charge is 2.26. The molecule has 1 rings (SSSR count). The lowest BCUT2D eigenvalue weighted by Gasteiger charge is -2.28. The van der Waals surface area contributed by atoms with Crippen LogP contribution in [0.1, 0.15) is 58.2 Å². The van der Waals surface area contributed by atoms with Gasteiger partial charge in [-0.25, -0.2) is 0 Å². The van der Waals surface area contributed by atoms with E-state index in [4.69, 9.17) is 9.47 Å². The molecule has 0 amide bonds. The lowest BCUT2D eigenvalue weighted by atomic mass is 9.78. The lowest BCUT2D eigenvalue weighted by Crippen LogP contribution is -2.18. The third-order valence-corrected chi connectivity index (χ3v) is 3.52. The number of benzene rings is 1. The highest BCUT2D eigenvalue weighted by Crippen LogP contribution is 2.39. The van der Waals surface area contributed by atoms with E-state index in [1.54, 1.807) is 7.11 Å². The number of hydrogen-bond acceptors (Lipinski definition) is 3. The molecule has 3 heteroatoms. The van der Waals surface area contributed by atoms with Crippen molar-refractivity contribution in [1.29, 1.82) is 0 Å². The van der Waals surface area contributed by atoms with E-state index in [2.05, 4.69) is 53.7 Å². The average Bonchev–Trinajstić information content (AvgIpc) is 2.33. The molecule has 0 aliphatic carbocycles. The minimum Gasteiger partial charge on any atom is -0.507 e. The smallest absolute Gasteiger partial charge is 0.146 e. The molecule has 21 heavy (non-hydrogen) atoms. The third-order valence-electron chi connectivity index (χ3n) is 3.52. The van der Waals surface area contributed by atoms with Crippen molar-refractivity contribution in [2.45, 2.75) is 58.8 Å². The Labute approximate surface area is 129 Å². The van der Waals surface area contributed by atoms with E-state index < -0.39 is 0 Å². The third kappa shape index (κ3) is 5.01. The van der Waals surface area contributed by atoms with Crippen molar-refractivity contribution in [1.82, 2.24) is 0 Å². The van der Waals surface area contributed by atoms with E-state index in [1.807, 2.05) is 0 Å². The van der Waals surface area contributed by atoms with Crippen molar-refractivity contribution < 1.29 is 14.6 Å². The molecule has 0 saturated heterocycles. The van der Waals surface area contributed by atoms with E-state index in [1.165, 1.54) is 5.56 Å². The van der Waals surface area contributed by atoms with Gasteiger partial charge in [0, 0.05) is 7.11 Å². The van der Waals surface area contributed by atoms with Gasteiger partial charge in [-0.15, -0.1) is 0 Å². The summed E-state index contributed by atoms with van der Waals surface area (Å²) in [6.07, 6.45) is 0.815. The predicted molar refractivity (Wildman–Crippen MR) is 87.0 cm³/mol. The standard InChI is InChI=1S/C18H30O3/c1-17(2,3)14-10-13(8-9-21-12-20-7)11-15(16(14)19)18(4,5)6/h10-11,19H,8-9,12H2,1-7H3. The largest absolute Gasteiger partial charge is 0.507 e. The number of phenols is 1. The summed E-state index contributed by atoms with van der Waals surface area (Å²) in [5.74, 6) is 0.427. The summed E-state index contributed by atoms with van der Waals surface area (Å²) >= 11 is 0. The van der Waals surface area contributed by atoms with Crippen LogP contribution in [0.25, 0.3) is 0 Å². The molecule has 0 saturated carbocycles. The van der Waals surface area contributed by atoms with Crippen LogP contribution in [-0.4, -0.2) is 25.6 Å². The first-order valence-corrected chi connectivity index (χ1v) is 7.51. The van der Waals surface area contributed by atoms with Crippen LogP contribution in [0, 0.1) is 0 Å². The topological polar surface area (TPSA) is 38.7 Å². The quantitative estimate of drug-likeness (QED) is 0.655. The molecule has 0 bridgehead atoms. The van der Waals surface area contributed by atoms with Crippen LogP contribution in [0.2, 0.25) is 0 Å². The maximum atomic E-state index is 10.6. The van der Waals surface area contributed by atoms with Crippen LogP contribution in [0.4, 0.5) is 0 Å². The molecule has 1 N–H and O–H groups in total. The highest BCUT2D eigenvalue weighted by molar-refractivity contribution is 5.49. The van der Waals surface area contributed by atoms with Crippen molar-refractivity contribution in [3.63, 3.8) is 0 Å². The van der Waals surface area contributed by atoms with Crippen LogP contribution < -0.4 is 0 Å². The van der Waals surface area contributed by atoms with Gasteiger partial charge in [-0.3, -0.25) is 0 Å². The molecule has 120 valence electrons. The average molecular weight is 294 g/mol. The molecule has 3 nitrogen and oxygen atoms in total. The van der Waals surface area contributed by atoms with Crippen LogP contribution in [0.3, 0.4) is 0 Å². The summed E-state index contributed by atoms with van der Waals surface area (Å²) in [5, 5.41) is 10.6. The van der Waals surface area contributed by atoms with Crippen LogP contribution >= 0.6 is 0 Å². The Hall–Kier alpha value is -1.06. The zero-order valence-corrected chi connectivity index (χ0v) is 14.5. The SMILES string of the molecule is COCOCCc1cc(C(C)(C)C)c(O)c(C(C)(C)C)c1. The number of hydrogen-bond donors (Lipinski definition) is 1. The summed E-state index contributed by atoms with van der Waals surface area (Å²) < 4.78 is 10.3. The van der Waals surface area contributed by atoms with Crippen LogP contribution in [-0.2, 0) is 26.7 Å². The maximum absolute atomic E-state index is 10.6. The van der Waals surface area contributed by atoms with Gasteiger partial charge in [-0.1, -0.05) is 53.7 Å². The van der Waals surface area contributed by atoms with Gasteiger partial charge >= 0.3 is 0 Å². The fourth-order valence-electron chi connectivity index (χ4n) is 2.31. The van der Waals surface area contributed by atoms with E-state index in [0.717, 1.165) is 17.5 Å². The molecular formula is C18H30O3. The summed E-state index contributed by atoms with van der Waals surface area (Å²) in [7, 11) is 1.62. The van der Waals surface area contributed by atoms with Gasteiger partial charge in [-0.2, -0.15) is 0 Å². The van der Waals surface area contributed by atoms with Gasteiger partial charge in [0.1, 0.15) is 12.5 Å². The van der Waals surface area contributed by atoms with Crippen molar-refractivity contribution in [2.24, 2.45) is 0 Å². The predicted octanol–water partition coefficient (Wildman–Crippen LogP) is 4.15. The van der Waals surface area contributed by atoms with Crippen LogP contribution in [0.15, 0.2) is 12.1 Å². The van der Waals surface area contributed by atoms with Crippen molar-refractivity contribution >= 4 is 0 Å². The van der Waals surface area contributed by atoms with Gasteiger partial charge in [0.25, 0.3) is 0 Å². The Balaban J connectivity index is 3.15. The Morgan fingerprint density at radius 3 is 1.81 bits per heavy atom. The van der Waals surface area contributed by atoms with E-state index in [9.17, 15) is 5.11 Å². The first kappa shape index (κ1) is 18.0. The Kier molecular flexibility index (Phi) is 5.83. The second-order valence-corrected chi connectivity index (χ2v) is 7.60. The minimum atomic E-state index is -0.0898. The molecule has 0 aliphatic rings. The molecule has 0 fully saturated rings. The van der Waals surface area contributed by atoms with E-state index in [-0.39, 0.29) is 10.8 Å². The molecule has 1 aromatic rings. The number of rotatable bonds is 5. The van der Waals surface area contributed by atoms with Gasteiger partial charge in [0.05, 0.1) is 6.61 Å². The van der Waals surface area contributed by atoms with Gasteiger partial charge in [-0.05, 0) is 33.9 Å². The monoisotopic (exact) mass is 294 g/mol. The number of aromatic hydroxyl groups is 1. The normalized spacial score (nSPS) is 12.7. The molecular weight excluding hydrogens is 264 g/mol. The zero-order chi connectivity index (χ0) is 16.3. The van der Waals surface area contributed by atoms with Gasteiger partial charge in [0.15, 0.2) is 0 Å². The fraction of sp³-hybridized carbons (Fsp3) is 0.667. The molecule has 0 heterocycles. The van der Waals surface area contributed by atoms with E-state index >= 15 is 0 Å². The molecule has 1 aromatic carbocycles. The van der Waals surface area contributed by atoms with Crippen LogP contribution in [0.5, 0.6) is 5.75 Å². The van der Waals surface area contributed by atoms with Crippen molar-refractivity contribution in [3.8, 4) is 5.75 Å². The number of methoxy groups -OCH3 is 1. The second-order valence-electron chi connectivity index (χ2n) is 7.60. The highest BCUT2D eigenvalue weighted by atomic mass is 16.7. The summed E-state index contributed by atoms with van der Waals surface area (Å²) in [5.41, 5.74) is 3.01. The number of ether oxygens (including phenoxy) is 2. The summed E-state index contributed by atoms with van der Waals surface area (Å²) in [4.78, 5) is 0. The molecule has 0 aromatic heterocycles. The number of phenolic OH excluding ortho intramolecular Hbond substituents is 1. The fourth-order valence-corrected chi connectivity index (χ4v) is 2.31. The molecule has 0 unspecified atom stereocenters. The maximum Gasteiger partial charge on any atom is 0.146 e. The minimum absolute atomic E-state index is 0.0898. The molecule has 0 spiro atoms. The van der Waals surface area contributed by atoms with Gasteiger partial charge in [0.2, 0.25) is 0 Å². The van der Waals surface area contributed by atoms with Crippen molar-refractivity contribution in [3.05, 3.63) is 28.8 Å². The van der Waals surface area contributed by atoms with Crippen molar-refractivity contribution in [2.75, 3.05) is 20.5 Å². The Morgan fingerprint density at radius 1 is 0.952 bits per heavy atom. The molecule has 0 aliphatic heterocycles. The first-order valence-electron chi connectivity index (χ1n) is 7.51. The van der Waals surface area contributed by atoms with Gasteiger partial charge < -0.3 is 14.6 Å². The summed E-state index contributed by atoms with van der Waals surface area (Å²) in [6.45, 7) is 13.7. The lowest BCUT2D eigenvalue weighted by molar-refractivity contribution is -0.0291. The van der Waals surface area contributed by atoms with E-state index in [0.29, 0.717) is 19.1 Å². The molecule has 0 radical (unpaired) electrons.